The predicted octanol–water partition coefficient (Wildman–Crippen LogP) is 0.377. The first-order chi connectivity index (χ1) is 6.01. The molecule has 0 bridgehead atoms. The molecule has 1 heterocycles. The van der Waals surface area contributed by atoms with Crippen molar-refractivity contribution in [2.75, 3.05) is 6.26 Å². The van der Waals surface area contributed by atoms with E-state index in [1.54, 1.807) is 0 Å². The molecule has 0 fully saturated rings. The van der Waals surface area contributed by atoms with Gasteiger partial charge >= 0.3 is 16.1 Å². The minimum Gasteiger partial charge on any atom is -0.343 e. The third-order valence-electron chi connectivity index (χ3n) is 1.32. The van der Waals surface area contributed by atoms with Gasteiger partial charge in [-0.3, -0.25) is 0 Å². The van der Waals surface area contributed by atoms with Crippen molar-refractivity contribution < 1.29 is 12.6 Å². The van der Waals surface area contributed by atoms with Crippen LogP contribution < -0.4 is 4.18 Å². The van der Waals surface area contributed by atoms with Gasteiger partial charge in [0.25, 0.3) is 0 Å². The van der Waals surface area contributed by atoms with E-state index in [0.717, 1.165) is 18.2 Å². The summed E-state index contributed by atoms with van der Waals surface area (Å²) in [6.07, 6.45) is 4.82. The average Bonchev–Trinajstić information content (AvgIpc) is 2.03. The van der Waals surface area contributed by atoms with Crippen LogP contribution >= 0.6 is 0 Å². The molecule has 0 unspecified atom stereocenters. The van der Waals surface area contributed by atoms with Gasteiger partial charge in [0, 0.05) is 12.4 Å². The van der Waals surface area contributed by atoms with Crippen molar-refractivity contribution in [2.24, 2.45) is 0 Å². The summed E-state index contributed by atoms with van der Waals surface area (Å²) in [5, 5.41) is 0. The molecule has 1 rings (SSSR count). The fraction of sp³-hybridized carbons (Fsp3) is 0.429. The standard InChI is InChI=1S/C7H10N2O3S/c1-3-6-4-8-7(9-5-6)12-13(2,10)11/h4-5H,3H2,1-2H3. The number of hydrogen-bond donors (Lipinski definition) is 0. The summed E-state index contributed by atoms with van der Waals surface area (Å²) in [4.78, 5) is 7.44. The number of hydrogen-bond acceptors (Lipinski definition) is 5. The lowest BCUT2D eigenvalue weighted by Gasteiger charge is -2.00. The van der Waals surface area contributed by atoms with Crippen LogP contribution in [-0.2, 0) is 16.5 Å². The second-order valence-electron chi connectivity index (χ2n) is 2.51. The van der Waals surface area contributed by atoms with E-state index in [2.05, 4.69) is 14.2 Å². The normalized spacial score (nSPS) is 11.2. The van der Waals surface area contributed by atoms with Gasteiger partial charge in [-0.1, -0.05) is 6.92 Å². The Morgan fingerprint density at radius 1 is 1.38 bits per heavy atom. The quantitative estimate of drug-likeness (QED) is 0.663. The molecule has 0 saturated carbocycles. The Hall–Kier alpha value is -1.17. The van der Waals surface area contributed by atoms with E-state index >= 15 is 0 Å². The van der Waals surface area contributed by atoms with Crippen LogP contribution in [0.15, 0.2) is 12.4 Å². The summed E-state index contributed by atoms with van der Waals surface area (Å²) < 4.78 is 25.8. The average molecular weight is 202 g/mol. The first-order valence-electron chi connectivity index (χ1n) is 3.71. The van der Waals surface area contributed by atoms with E-state index in [0.29, 0.717) is 0 Å². The van der Waals surface area contributed by atoms with Crippen LogP contribution in [0.1, 0.15) is 12.5 Å². The minimum atomic E-state index is -3.52. The molecule has 0 aliphatic heterocycles. The van der Waals surface area contributed by atoms with E-state index in [-0.39, 0.29) is 6.01 Å². The van der Waals surface area contributed by atoms with Crippen LogP contribution in [0.2, 0.25) is 0 Å². The topological polar surface area (TPSA) is 69.2 Å². The molecule has 13 heavy (non-hydrogen) atoms. The summed E-state index contributed by atoms with van der Waals surface area (Å²) in [7, 11) is -3.52. The number of aromatic nitrogens is 2. The lowest BCUT2D eigenvalue weighted by Crippen LogP contribution is -2.08. The molecule has 0 saturated heterocycles. The zero-order valence-corrected chi connectivity index (χ0v) is 8.21. The monoisotopic (exact) mass is 202 g/mol. The molecule has 0 radical (unpaired) electrons. The van der Waals surface area contributed by atoms with Crippen molar-refractivity contribution in [3.8, 4) is 6.01 Å². The second-order valence-corrected chi connectivity index (χ2v) is 4.09. The molecule has 0 N–H and O–H groups in total. The maximum atomic E-state index is 10.7. The molecular formula is C7H10N2O3S. The highest BCUT2D eigenvalue weighted by Gasteiger charge is 2.05. The van der Waals surface area contributed by atoms with E-state index in [1.165, 1.54) is 12.4 Å². The second kappa shape index (κ2) is 3.69. The smallest absolute Gasteiger partial charge is 0.332 e. The number of aryl methyl sites for hydroxylation is 1. The molecular weight excluding hydrogens is 192 g/mol. The van der Waals surface area contributed by atoms with Crippen LogP contribution in [0.5, 0.6) is 6.01 Å². The highest BCUT2D eigenvalue weighted by molar-refractivity contribution is 7.86. The van der Waals surface area contributed by atoms with Gasteiger partial charge in [-0.2, -0.15) is 8.42 Å². The summed E-state index contributed by atoms with van der Waals surface area (Å²) >= 11 is 0. The van der Waals surface area contributed by atoms with Gasteiger partial charge in [-0.05, 0) is 12.0 Å². The largest absolute Gasteiger partial charge is 0.343 e. The SMILES string of the molecule is CCc1cnc(OS(C)(=O)=O)nc1. The maximum Gasteiger partial charge on any atom is 0.332 e. The molecule has 5 nitrogen and oxygen atoms in total. The summed E-state index contributed by atoms with van der Waals surface area (Å²) in [5.41, 5.74) is 0.931. The minimum absolute atomic E-state index is 0.139. The molecule has 0 spiro atoms. The van der Waals surface area contributed by atoms with Crippen LogP contribution in [0.3, 0.4) is 0 Å². The van der Waals surface area contributed by atoms with E-state index in [4.69, 9.17) is 0 Å². The Kier molecular flexibility index (Phi) is 2.82. The molecule has 6 heteroatoms. The predicted molar refractivity (Wildman–Crippen MR) is 46.9 cm³/mol. The van der Waals surface area contributed by atoms with Gasteiger partial charge in [-0.25, -0.2) is 9.97 Å². The molecule has 0 atom stereocenters. The summed E-state index contributed by atoms with van der Waals surface area (Å²) in [6, 6.07) is -0.139. The summed E-state index contributed by atoms with van der Waals surface area (Å²) in [6.45, 7) is 1.95. The van der Waals surface area contributed by atoms with E-state index in [9.17, 15) is 8.42 Å². The Balaban J connectivity index is 2.81. The Morgan fingerprint density at radius 3 is 2.31 bits per heavy atom. The Morgan fingerprint density at radius 2 is 1.92 bits per heavy atom. The van der Waals surface area contributed by atoms with Gasteiger partial charge in [-0.15, -0.1) is 0 Å². The highest BCUT2D eigenvalue weighted by Crippen LogP contribution is 2.04. The van der Waals surface area contributed by atoms with E-state index < -0.39 is 10.1 Å². The zero-order valence-electron chi connectivity index (χ0n) is 7.39. The van der Waals surface area contributed by atoms with Crippen molar-refractivity contribution in [1.82, 2.24) is 9.97 Å². The van der Waals surface area contributed by atoms with Crippen molar-refractivity contribution in [2.45, 2.75) is 13.3 Å². The molecule has 72 valence electrons. The third kappa shape index (κ3) is 3.37. The Bertz CT molecular complexity index is 371. The lowest BCUT2D eigenvalue weighted by atomic mass is 10.3. The molecule has 0 aliphatic carbocycles. The highest BCUT2D eigenvalue weighted by atomic mass is 32.2. The van der Waals surface area contributed by atoms with Crippen LogP contribution in [0.25, 0.3) is 0 Å². The lowest BCUT2D eigenvalue weighted by molar-refractivity contribution is 0.469. The molecule has 1 aromatic heterocycles. The molecule has 0 aliphatic rings. The summed E-state index contributed by atoms with van der Waals surface area (Å²) in [5.74, 6) is 0. The zero-order chi connectivity index (χ0) is 9.90. The molecule has 0 amide bonds. The fourth-order valence-corrected chi connectivity index (χ4v) is 1.06. The van der Waals surface area contributed by atoms with Gasteiger partial charge in [0.15, 0.2) is 0 Å². The van der Waals surface area contributed by atoms with Crippen LogP contribution in [0, 0.1) is 0 Å². The number of nitrogens with zero attached hydrogens (tertiary/aromatic N) is 2. The first-order valence-corrected chi connectivity index (χ1v) is 5.53. The van der Waals surface area contributed by atoms with Crippen molar-refractivity contribution in [3.63, 3.8) is 0 Å². The van der Waals surface area contributed by atoms with Gasteiger partial charge in [0.05, 0.1) is 6.26 Å². The third-order valence-corrected chi connectivity index (χ3v) is 1.77. The van der Waals surface area contributed by atoms with Crippen LogP contribution in [-0.4, -0.2) is 24.6 Å². The Labute approximate surface area is 76.9 Å². The fourth-order valence-electron chi connectivity index (χ4n) is 0.704. The van der Waals surface area contributed by atoms with Gasteiger partial charge in [0.1, 0.15) is 0 Å². The van der Waals surface area contributed by atoms with Crippen molar-refractivity contribution in [3.05, 3.63) is 18.0 Å². The van der Waals surface area contributed by atoms with E-state index in [1.807, 2.05) is 6.92 Å². The van der Waals surface area contributed by atoms with Gasteiger partial charge in [0.2, 0.25) is 0 Å². The molecule has 0 aromatic carbocycles. The molecule has 1 aromatic rings. The van der Waals surface area contributed by atoms with Crippen molar-refractivity contribution in [1.29, 1.82) is 0 Å². The van der Waals surface area contributed by atoms with Gasteiger partial charge < -0.3 is 4.18 Å². The first kappa shape index (κ1) is 9.91. The number of rotatable bonds is 3. The van der Waals surface area contributed by atoms with Crippen LogP contribution in [0.4, 0.5) is 0 Å². The van der Waals surface area contributed by atoms with Crippen molar-refractivity contribution >= 4 is 10.1 Å². The maximum absolute atomic E-state index is 10.7.